The summed E-state index contributed by atoms with van der Waals surface area (Å²) < 4.78 is 11.3. The van der Waals surface area contributed by atoms with Crippen molar-refractivity contribution in [2.24, 2.45) is 5.92 Å². The first kappa shape index (κ1) is 15.2. The SMILES string of the molecule is CC(C)COc1ccc(NCCOc2ccccc2)cc1. The normalized spacial score (nSPS) is 10.4. The molecule has 0 atom stereocenters. The van der Waals surface area contributed by atoms with Crippen LogP contribution in [0, 0.1) is 5.92 Å². The molecule has 0 fully saturated rings. The third kappa shape index (κ3) is 5.78. The molecule has 112 valence electrons. The Bertz CT molecular complexity index is 509. The van der Waals surface area contributed by atoms with Gasteiger partial charge in [-0.25, -0.2) is 0 Å². The second-order valence-corrected chi connectivity index (χ2v) is 5.32. The highest BCUT2D eigenvalue weighted by atomic mass is 16.5. The Kier molecular flexibility index (Phi) is 5.95. The van der Waals surface area contributed by atoms with Crippen molar-refractivity contribution in [2.45, 2.75) is 13.8 Å². The Hall–Kier alpha value is -2.16. The minimum absolute atomic E-state index is 0.540. The van der Waals surface area contributed by atoms with Crippen LogP contribution in [0.3, 0.4) is 0 Å². The van der Waals surface area contributed by atoms with E-state index in [-0.39, 0.29) is 0 Å². The Morgan fingerprint density at radius 2 is 1.52 bits per heavy atom. The van der Waals surface area contributed by atoms with Crippen LogP contribution in [0.15, 0.2) is 54.6 Å². The first-order valence-electron chi connectivity index (χ1n) is 7.38. The number of hydrogen-bond acceptors (Lipinski definition) is 3. The van der Waals surface area contributed by atoms with Gasteiger partial charge < -0.3 is 14.8 Å². The number of nitrogens with one attached hydrogen (secondary N) is 1. The topological polar surface area (TPSA) is 30.5 Å². The molecule has 2 aromatic carbocycles. The first-order valence-corrected chi connectivity index (χ1v) is 7.38. The molecule has 0 spiro atoms. The smallest absolute Gasteiger partial charge is 0.119 e. The maximum atomic E-state index is 5.65. The van der Waals surface area contributed by atoms with Gasteiger partial charge in [0.2, 0.25) is 0 Å². The van der Waals surface area contributed by atoms with Gasteiger partial charge in [-0.15, -0.1) is 0 Å². The summed E-state index contributed by atoms with van der Waals surface area (Å²) in [4.78, 5) is 0. The Labute approximate surface area is 126 Å². The van der Waals surface area contributed by atoms with Gasteiger partial charge in [0.25, 0.3) is 0 Å². The van der Waals surface area contributed by atoms with Gasteiger partial charge in [0.05, 0.1) is 6.61 Å². The van der Waals surface area contributed by atoms with Crippen molar-refractivity contribution < 1.29 is 9.47 Å². The van der Waals surface area contributed by atoms with E-state index < -0.39 is 0 Å². The van der Waals surface area contributed by atoms with Crippen LogP contribution >= 0.6 is 0 Å². The van der Waals surface area contributed by atoms with E-state index >= 15 is 0 Å². The van der Waals surface area contributed by atoms with Crippen LogP contribution in [0.1, 0.15) is 13.8 Å². The van der Waals surface area contributed by atoms with Crippen molar-refractivity contribution in [2.75, 3.05) is 25.1 Å². The molecule has 0 bridgehead atoms. The summed E-state index contributed by atoms with van der Waals surface area (Å²) in [5.41, 5.74) is 1.07. The van der Waals surface area contributed by atoms with Crippen molar-refractivity contribution in [1.29, 1.82) is 0 Å². The molecule has 0 saturated heterocycles. The van der Waals surface area contributed by atoms with Crippen molar-refractivity contribution >= 4 is 5.69 Å². The molecule has 0 amide bonds. The van der Waals surface area contributed by atoms with Gasteiger partial charge in [-0.2, -0.15) is 0 Å². The third-order valence-corrected chi connectivity index (χ3v) is 2.88. The lowest BCUT2D eigenvalue weighted by molar-refractivity contribution is 0.271. The number of anilines is 1. The molecule has 3 nitrogen and oxygen atoms in total. The van der Waals surface area contributed by atoms with Crippen LogP contribution in [0.2, 0.25) is 0 Å². The van der Waals surface area contributed by atoms with Crippen molar-refractivity contribution in [3.63, 3.8) is 0 Å². The van der Waals surface area contributed by atoms with E-state index in [0.29, 0.717) is 12.5 Å². The van der Waals surface area contributed by atoms with Crippen molar-refractivity contribution in [3.05, 3.63) is 54.6 Å². The molecule has 0 aromatic heterocycles. The van der Waals surface area contributed by atoms with Gasteiger partial charge in [-0.1, -0.05) is 32.0 Å². The van der Waals surface area contributed by atoms with E-state index in [1.54, 1.807) is 0 Å². The molecule has 0 aliphatic heterocycles. The van der Waals surface area contributed by atoms with E-state index in [9.17, 15) is 0 Å². The summed E-state index contributed by atoms with van der Waals surface area (Å²) in [7, 11) is 0. The predicted molar refractivity (Wildman–Crippen MR) is 87.2 cm³/mol. The fourth-order valence-corrected chi connectivity index (χ4v) is 1.81. The summed E-state index contributed by atoms with van der Waals surface area (Å²) >= 11 is 0. The summed E-state index contributed by atoms with van der Waals surface area (Å²) in [6.07, 6.45) is 0. The molecule has 1 N–H and O–H groups in total. The van der Waals surface area contributed by atoms with Crippen LogP contribution in [0.4, 0.5) is 5.69 Å². The van der Waals surface area contributed by atoms with Gasteiger partial charge in [0.1, 0.15) is 18.1 Å². The molecule has 2 aromatic rings. The van der Waals surface area contributed by atoms with Gasteiger partial charge in [-0.3, -0.25) is 0 Å². The Balaban J connectivity index is 1.69. The molecule has 0 heterocycles. The van der Waals surface area contributed by atoms with Crippen LogP contribution in [0.25, 0.3) is 0 Å². The van der Waals surface area contributed by atoms with E-state index in [1.807, 2.05) is 54.6 Å². The molecule has 3 heteroatoms. The van der Waals surface area contributed by atoms with E-state index in [0.717, 1.165) is 30.3 Å². The highest BCUT2D eigenvalue weighted by molar-refractivity contribution is 5.46. The fourth-order valence-electron chi connectivity index (χ4n) is 1.81. The van der Waals surface area contributed by atoms with Gasteiger partial charge in [0, 0.05) is 12.2 Å². The second-order valence-electron chi connectivity index (χ2n) is 5.32. The molecule has 0 aliphatic carbocycles. The molecule has 21 heavy (non-hydrogen) atoms. The summed E-state index contributed by atoms with van der Waals surface area (Å²) in [5.74, 6) is 2.35. The molecule has 0 radical (unpaired) electrons. The minimum Gasteiger partial charge on any atom is -0.493 e. The fraction of sp³-hybridized carbons (Fsp3) is 0.333. The Morgan fingerprint density at radius 1 is 0.857 bits per heavy atom. The molecular formula is C18H23NO2. The summed E-state index contributed by atoms with van der Waals surface area (Å²) in [6, 6.07) is 17.9. The van der Waals surface area contributed by atoms with Crippen LogP contribution in [-0.4, -0.2) is 19.8 Å². The van der Waals surface area contributed by atoms with Crippen LogP contribution < -0.4 is 14.8 Å². The van der Waals surface area contributed by atoms with Crippen molar-refractivity contribution in [1.82, 2.24) is 0 Å². The molecule has 2 rings (SSSR count). The number of benzene rings is 2. The van der Waals surface area contributed by atoms with E-state index in [4.69, 9.17) is 9.47 Å². The molecule has 0 aliphatic rings. The average Bonchev–Trinajstić information content (AvgIpc) is 2.52. The maximum Gasteiger partial charge on any atom is 0.119 e. The third-order valence-electron chi connectivity index (χ3n) is 2.88. The van der Waals surface area contributed by atoms with Crippen LogP contribution in [-0.2, 0) is 0 Å². The Morgan fingerprint density at radius 3 is 2.19 bits per heavy atom. The van der Waals surface area contributed by atoms with Gasteiger partial charge >= 0.3 is 0 Å². The zero-order valence-corrected chi connectivity index (χ0v) is 12.7. The monoisotopic (exact) mass is 285 g/mol. The van der Waals surface area contributed by atoms with Crippen LogP contribution in [0.5, 0.6) is 11.5 Å². The number of ether oxygens (including phenoxy) is 2. The van der Waals surface area contributed by atoms with E-state index in [1.165, 1.54) is 0 Å². The number of para-hydroxylation sites is 1. The second kappa shape index (κ2) is 8.20. The number of hydrogen-bond donors (Lipinski definition) is 1. The minimum atomic E-state index is 0.540. The zero-order valence-electron chi connectivity index (χ0n) is 12.7. The number of rotatable bonds is 8. The lowest BCUT2D eigenvalue weighted by Gasteiger charge is -2.11. The average molecular weight is 285 g/mol. The molecule has 0 saturated carbocycles. The summed E-state index contributed by atoms with van der Waals surface area (Å²) in [5, 5.41) is 3.33. The highest BCUT2D eigenvalue weighted by Crippen LogP contribution is 2.16. The summed E-state index contributed by atoms with van der Waals surface area (Å²) in [6.45, 7) is 6.43. The largest absolute Gasteiger partial charge is 0.493 e. The molecular weight excluding hydrogens is 262 g/mol. The van der Waals surface area contributed by atoms with Gasteiger partial charge in [0.15, 0.2) is 0 Å². The van der Waals surface area contributed by atoms with Crippen molar-refractivity contribution in [3.8, 4) is 11.5 Å². The lowest BCUT2D eigenvalue weighted by Crippen LogP contribution is -2.11. The zero-order chi connectivity index (χ0) is 14.9. The predicted octanol–water partition coefficient (Wildman–Crippen LogP) is 4.21. The van der Waals surface area contributed by atoms with E-state index in [2.05, 4.69) is 19.2 Å². The molecule has 0 unspecified atom stereocenters. The quantitative estimate of drug-likeness (QED) is 0.737. The highest BCUT2D eigenvalue weighted by Gasteiger charge is 1.98. The standard InChI is InChI=1S/C18H23NO2/c1-15(2)14-21-18-10-8-16(9-11-18)19-12-13-20-17-6-4-3-5-7-17/h3-11,15,19H,12-14H2,1-2H3. The lowest BCUT2D eigenvalue weighted by atomic mass is 10.2. The van der Waals surface area contributed by atoms with Gasteiger partial charge in [-0.05, 0) is 42.3 Å². The maximum absolute atomic E-state index is 5.65. The first-order chi connectivity index (χ1) is 10.2.